The highest BCUT2D eigenvalue weighted by molar-refractivity contribution is 6.35. The van der Waals surface area contributed by atoms with E-state index in [0.29, 0.717) is 28.2 Å². The summed E-state index contributed by atoms with van der Waals surface area (Å²) in [5, 5.41) is 10.2. The van der Waals surface area contributed by atoms with E-state index in [0.717, 1.165) is 41.2 Å². The van der Waals surface area contributed by atoms with Crippen LogP contribution in [0.2, 0.25) is 15.1 Å². The van der Waals surface area contributed by atoms with Gasteiger partial charge in [0.1, 0.15) is 0 Å². The van der Waals surface area contributed by atoms with E-state index >= 15 is 0 Å². The molecule has 1 aliphatic heterocycles. The Morgan fingerprint density at radius 1 is 1.06 bits per heavy atom. The summed E-state index contributed by atoms with van der Waals surface area (Å²) in [6.07, 6.45) is 1.23. The molecule has 4 rings (SSSR count). The third-order valence-electron chi connectivity index (χ3n) is 5.81. The molecule has 180 valence electrons. The second-order valence-corrected chi connectivity index (χ2v) is 9.95. The molecular formula is C25H27Cl3N4O2. The summed E-state index contributed by atoms with van der Waals surface area (Å²) in [5.74, 6) is 0.777. The minimum absolute atomic E-state index is 0.124. The van der Waals surface area contributed by atoms with Crippen LogP contribution in [-0.4, -0.2) is 46.0 Å². The van der Waals surface area contributed by atoms with E-state index in [1.54, 1.807) is 17.0 Å². The van der Waals surface area contributed by atoms with Crippen LogP contribution < -0.4 is 5.32 Å². The van der Waals surface area contributed by atoms with Gasteiger partial charge in [-0.3, -0.25) is 0 Å². The van der Waals surface area contributed by atoms with Crippen LogP contribution in [0.3, 0.4) is 0 Å². The fourth-order valence-corrected chi connectivity index (χ4v) is 4.70. The first-order chi connectivity index (χ1) is 16.2. The lowest BCUT2D eigenvalue weighted by Crippen LogP contribution is -2.43. The van der Waals surface area contributed by atoms with E-state index < -0.39 is 0 Å². The molecule has 0 bridgehead atoms. The van der Waals surface area contributed by atoms with Crippen molar-refractivity contribution in [2.75, 3.05) is 18.4 Å². The van der Waals surface area contributed by atoms with E-state index in [-0.39, 0.29) is 18.2 Å². The number of likely N-dealkylation sites (tertiary alicyclic amines) is 1. The third-order valence-corrected chi connectivity index (χ3v) is 6.60. The molecule has 1 aromatic heterocycles. The molecule has 0 radical (unpaired) electrons. The van der Waals surface area contributed by atoms with Crippen molar-refractivity contribution in [3.8, 4) is 16.9 Å². The number of carbonyl (C=O) groups is 1. The average molecular weight is 522 g/mol. The molecule has 0 unspecified atom stereocenters. The molecular weight excluding hydrogens is 495 g/mol. The average Bonchev–Trinajstić information content (AvgIpc) is 3.10. The van der Waals surface area contributed by atoms with E-state index in [2.05, 4.69) is 5.32 Å². The summed E-state index contributed by atoms with van der Waals surface area (Å²) in [6, 6.07) is 13.2. The van der Waals surface area contributed by atoms with Crippen LogP contribution in [0.4, 0.5) is 10.6 Å². The lowest BCUT2D eigenvalue weighted by Gasteiger charge is -2.32. The molecule has 1 aliphatic rings. The van der Waals surface area contributed by atoms with Crippen molar-refractivity contribution < 1.29 is 9.53 Å². The summed E-state index contributed by atoms with van der Waals surface area (Å²) < 4.78 is 7.17. The van der Waals surface area contributed by atoms with Crippen molar-refractivity contribution in [2.24, 2.45) is 0 Å². The Hall–Kier alpha value is -2.41. The maximum atomic E-state index is 12.2. The monoisotopic (exact) mass is 520 g/mol. The molecule has 1 fully saturated rings. The van der Waals surface area contributed by atoms with Crippen molar-refractivity contribution in [3.63, 3.8) is 0 Å². The normalized spacial score (nSPS) is 14.5. The number of anilines is 1. The molecule has 1 N–H and O–H groups in total. The van der Waals surface area contributed by atoms with E-state index in [9.17, 15) is 4.79 Å². The number of halogens is 3. The predicted octanol–water partition coefficient (Wildman–Crippen LogP) is 7.23. The number of ether oxygens (including phenoxy) is 1. The molecule has 2 heterocycles. The zero-order chi connectivity index (χ0) is 24.4. The first kappa shape index (κ1) is 24.7. The Balaban J connectivity index is 1.62. The van der Waals surface area contributed by atoms with Gasteiger partial charge < -0.3 is 15.0 Å². The molecule has 34 heavy (non-hydrogen) atoms. The van der Waals surface area contributed by atoms with Crippen molar-refractivity contribution in [1.29, 1.82) is 0 Å². The number of rotatable bonds is 5. The van der Waals surface area contributed by atoms with Gasteiger partial charge in [-0.25, -0.2) is 9.48 Å². The van der Waals surface area contributed by atoms with Crippen molar-refractivity contribution in [3.05, 3.63) is 63.1 Å². The second kappa shape index (κ2) is 10.5. The van der Waals surface area contributed by atoms with Crippen molar-refractivity contribution in [1.82, 2.24) is 14.7 Å². The van der Waals surface area contributed by atoms with Crippen LogP contribution in [-0.2, 0) is 4.74 Å². The maximum absolute atomic E-state index is 12.2. The van der Waals surface area contributed by atoms with Crippen molar-refractivity contribution in [2.45, 2.75) is 45.8 Å². The largest absolute Gasteiger partial charge is 0.447 e. The number of hydrogen-bond acceptors (Lipinski definition) is 4. The van der Waals surface area contributed by atoms with Crippen LogP contribution in [0.25, 0.3) is 16.9 Å². The van der Waals surface area contributed by atoms with E-state index in [1.165, 1.54) is 0 Å². The quantitative estimate of drug-likeness (QED) is 0.385. The van der Waals surface area contributed by atoms with Crippen LogP contribution >= 0.6 is 34.8 Å². The molecule has 9 heteroatoms. The molecule has 0 spiro atoms. The minimum atomic E-state index is -0.253. The molecule has 1 saturated heterocycles. The number of benzene rings is 2. The number of nitrogens with zero attached hydrogens (tertiary/aromatic N) is 3. The zero-order valence-corrected chi connectivity index (χ0v) is 21.6. The number of carbonyl (C=O) groups excluding carboxylic acids is 1. The Kier molecular flexibility index (Phi) is 7.60. The highest BCUT2D eigenvalue weighted by Crippen LogP contribution is 2.35. The summed E-state index contributed by atoms with van der Waals surface area (Å²) in [4.78, 5) is 14.0. The first-order valence-electron chi connectivity index (χ1n) is 11.3. The Morgan fingerprint density at radius 2 is 1.71 bits per heavy atom. The SMILES string of the molecule is Cc1c(NC2CCN(C(=O)OC(C)C)CC2)nn(-c2ccc(Cl)cc2Cl)c1-c1ccc(Cl)cc1. The number of piperidine rings is 1. The summed E-state index contributed by atoms with van der Waals surface area (Å²) in [6.45, 7) is 7.02. The fourth-order valence-electron chi connectivity index (χ4n) is 4.08. The lowest BCUT2D eigenvalue weighted by atomic mass is 10.0. The van der Waals surface area contributed by atoms with Crippen LogP contribution in [0.5, 0.6) is 0 Å². The van der Waals surface area contributed by atoms with Crippen LogP contribution in [0.15, 0.2) is 42.5 Å². The predicted molar refractivity (Wildman–Crippen MR) is 139 cm³/mol. The lowest BCUT2D eigenvalue weighted by molar-refractivity contribution is 0.0701. The highest BCUT2D eigenvalue weighted by atomic mass is 35.5. The number of nitrogens with one attached hydrogen (secondary N) is 1. The topological polar surface area (TPSA) is 59.4 Å². The highest BCUT2D eigenvalue weighted by Gasteiger charge is 2.26. The van der Waals surface area contributed by atoms with Gasteiger partial charge in [0.15, 0.2) is 5.82 Å². The molecule has 0 saturated carbocycles. The maximum Gasteiger partial charge on any atom is 0.410 e. The molecule has 1 amide bonds. The number of amides is 1. The van der Waals surface area contributed by atoms with Gasteiger partial charge in [0.05, 0.1) is 22.5 Å². The summed E-state index contributed by atoms with van der Waals surface area (Å²) in [5.41, 5.74) is 3.62. The Labute approximate surface area is 214 Å². The van der Waals surface area contributed by atoms with Gasteiger partial charge in [-0.2, -0.15) is 0 Å². The van der Waals surface area contributed by atoms with Gasteiger partial charge in [-0.15, -0.1) is 5.10 Å². The molecule has 3 aromatic rings. The van der Waals surface area contributed by atoms with E-state index in [1.807, 2.05) is 55.8 Å². The smallest absolute Gasteiger partial charge is 0.410 e. The standard InChI is InChI=1S/C25H27Cl3N4O2/c1-15(2)34-25(33)31-12-10-20(11-13-31)29-24-16(3)23(17-4-6-18(26)7-5-17)32(30-24)22-9-8-19(27)14-21(22)28/h4-9,14-15,20H,10-13H2,1-3H3,(H,29,30). The van der Waals surface area contributed by atoms with E-state index in [4.69, 9.17) is 44.6 Å². The second-order valence-electron chi connectivity index (χ2n) is 8.67. The molecule has 0 atom stereocenters. The van der Waals surface area contributed by atoms with Gasteiger partial charge in [0, 0.05) is 40.3 Å². The molecule has 2 aromatic carbocycles. The molecule has 6 nitrogen and oxygen atoms in total. The summed E-state index contributed by atoms with van der Waals surface area (Å²) in [7, 11) is 0. The zero-order valence-electron chi connectivity index (χ0n) is 19.3. The van der Waals surface area contributed by atoms with Gasteiger partial charge >= 0.3 is 6.09 Å². The Morgan fingerprint density at radius 3 is 2.32 bits per heavy atom. The minimum Gasteiger partial charge on any atom is -0.447 e. The van der Waals surface area contributed by atoms with Crippen molar-refractivity contribution >= 4 is 46.7 Å². The number of hydrogen-bond donors (Lipinski definition) is 1. The first-order valence-corrected chi connectivity index (χ1v) is 12.4. The van der Waals surface area contributed by atoms with Gasteiger partial charge in [0.2, 0.25) is 0 Å². The molecule has 0 aliphatic carbocycles. The van der Waals surface area contributed by atoms with Crippen LogP contribution in [0.1, 0.15) is 32.3 Å². The van der Waals surface area contributed by atoms with Crippen LogP contribution in [0, 0.1) is 6.92 Å². The van der Waals surface area contributed by atoms with Gasteiger partial charge in [-0.1, -0.05) is 46.9 Å². The fraction of sp³-hybridized carbons (Fsp3) is 0.360. The van der Waals surface area contributed by atoms with Gasteiger partial charge in [-0.05, 0) is 63.9 Å². The third kappa shape index (κ3) is 5.45. The summed E-state index contributed by atoms with van der Waals surface area (Å²) >= 11 is 18.8. The number of aromatic nitrogens is 2. The Bertz CT molecular complexity index is 1170. The van der Waals surface area contributed by atoms with Gasteiger partial charge in [0.25, 0.3) is 0 Å².